The van der Waals surface area contributed by atoms with Crippen LogP contribution in [0.4, 0.5) is 0 Å². The van der Waals surface area contributed by atoms with Gasteiger partial charge in [0.25, 0.3) is 5.56 Å². The zero-order valence-corrected chi connectivity index (χ0v) is 12.6. The van der Waals surface area contributed by atoms with Crippen molar-refractivity contribution in [3.05, 3.63) is 26.8 Å². The molecule has 5 nitrogen and oxygen atoms in total. The Morgan fingerprint density at radius 3 is 2.84 bits per heavy atom. The highest BCUT2D eigenvalue weighted by Gasteiger charge is 2.17. The molecule has 0 aromatic carbocycles. The molecule has 0 bridgehead atoms. The number of carbonyl (C=O) groups excluding carboxylic acids is 1. The number of halogens is 1. The van der Waals surface area contributed by atoms with E-state index in [-0.39, 0.29) is 24.1 Å². The summed E-state index contributed by atoms with van der Waals surface area (Å²) in [5.74, 6) is 0.434. The molecule has 1 aliphatic carbocycles. The van der Waals surface area contributed by atoms with Crippen molar-refractivity contribution in [1.82, 2.24) is 14.9 Å². The van der Waals surface area contributed by atoms with E-state index in [0.717, 1.165) is 12.8 Å². The lowest BCUT2D eigenvalue weighted by Crippen LogP contribution is -2.40. The summed E-state index contributed by atoms with van der Waals surface area (Å²) in [4.78, 5) is 28.0. The first-order valence-electron chi connectivity index (χ1n) is 6.59. The van der Waals surface area contributed by atoms with Gasteiger partial charge in [-0.1, -0.05) is 19.3 Å². The van der Waals surface area contributed by atoms with Gasteiger partial charge in [-0.05, 0) is 35.7 Å². The van der Waals surface area contributed by atoms with E-state index >= 15 is 0 Å². The molecule has 6 heteroatoms. The predicted molar refractivity (Wildman–Crippen MR) is 75.9 cm³/mol. The number of amides is 1. The fourth-order valence-electron chi connectivity index (χ4n) is 2.40. The highest BCUT2D eigenvalue weighted by molar-refractivity contribution is 9.10. The molecule has 0 radical (unpaired) electrons. The maximum Gasteiger partial charge on any atom is 0.268 e. The van der Waals surface area contributed by atoms with Gasteiger partial charge in [0.15, 0.2) is 0 Å². The van der Waals surface area contributed by atoms with Crippen LogP contribution < -0.4 is 10.9 Å². The zero-order valence-electron chi connectivity index (χ0n) is 11.0. The molecule has 1 saturated carbocycles. The molecule has 0 aliphatic heterocycles. The van der Waals surface area contributed by atoms with Crippen molar-refractivity contribution in [2.75, 3.05) is 0 Å². The number of nitrogens with one attached hydrogen (secondary N) is 1. The molecule has 1 fully saturated rings. The third-order valence-corrected chi connectivity index (χ3v) is 4.02. The zero-order chi connectivity index (χ0) is 13.8. The Balaban J connectivity index is 2.02. The first-order chi connectivity index (χ1) is 9.08. The van der Waals surface area contributed by atoms with Gasteiger partial charge in [0.1, 0.15) is 16.8 Å². The molecular formula is C13H18BrN3O2. The van der Waals surface area contributed by atoms with Crippen molar-refractivity contribution >= 4 is 21.8 Å². The maximum absolute atomic E-state index is 12.0. The normalized spacial score (nSPS) is 16.3. The van der Waals surface area contributed by atoms with E-state index in [1.807, 2.05) is 0 Å². The van der Waals surface area contributed by atoms with Gasteiger partial charge in [-0.3, -0.25) is 14.2 Å². The van der Waals surface area contributed by atoms with Gasteiger partial charge in [0, 0.05) is 12.2 Å². The van der Waals surface area contributed by atoms with Crippen LogP contribution in [0.25, 0.3) is 0 Å². The summed E-state index contributed by atoms with van der Waals surface area (Å²) in [5.41, 5.74) is -0.216. The largest absolute Gasteiger partial charge is 0.352 e. The third-order valence-electron chi connectivity index (χ3n) is 3.48. The summed E-state index contributed by atoms with van der Waals surface area (Å²) in [6.45, 7) is 1.76. The van der Waals surface area contributed by atoms with Gasteiger partial charge in [0.05, 0.1) is 0 Å². The van der Waals surface area contributed by atoms with E-state index in [2.05, 4.69) is 26.2 Å². The summed E-state index contributed by atoms with van der Waals surface area (Å²) in [6, 6.07) is 0.261. The van der Waals surface area contributed by atoms with E-state index in [0.29, 0.717) is 10.3 Å². The van der Waals surface area contributed by atoms with E-state index in [4.69, 9.17) is 0 Å². The summed E-state index contributed by atoms with van der Waals surface area (Å²) in [6.07, 6.45) is 7.13. The van der Waals surface area contributed by atoms with Crippen LogP contribution in [0.1, 0.15) is 37.9 Å². The summed E-state index contributed by atoms with van der Waals surface area (Å²) in [7, 11) is 0. The summed E-state index contributed by atoms with van der Waals surface area (Å²) >= 11 is 3.14. The standard InChI is InChI=1S/C13H18BrN3O2/c1-9-15-7-11(14)13(19)17(9)8-12(18)16-10-5-3-2-4-6-10/h7,10H,2-6,8H2,1H3,(H,16,18). The monoisotopic (exact) mass is 327 g/mol. The van der Waals surface area contributed by atoms with Crippen LogP contribution in [0.3, 0.4) is 0 Å². The molecule has 1 aromatic heterocycles. The molecule has 1 N–H and O–H groups in total. The Bertz CT molecular complexity index is 521. The molecule has 1 aromatic rings. The number of hydrogen-bond acceptors (Lipinski definition) is 3. The average Bonchev–Trinajstić information content (AvgIpc) is 2.40. The number of nitrogens with zero attached hydrogens (tertiary/aromatic N) is 2. The lowest BCUT2D eigenvalue weighted by atomic mass is 9.95. The minimum Gasteiger partial charge on any atom is -0.352 e. The Labute approximate surface area is 120 Å². The van der Waals surface area contributed by atoms with Gasteiger partial charge in [0.2, 0.25) is 5.91 Å². The summed E-state index contributed by atoms with van der Waals surface area (Å²) in [5, 5.41) is 3.00. The van der Waals surface area contributed by atoms with Crippen molar-refractivity contribution in [3.63, 3.8) is 0 Å². The van der Waals surface area contributed by atoms with Crippen LogP contribution in [0, 0.1) is 6.92 Å². The molecule has 0 atom stereocenters. The Morgan fingerprint density at radius 2 is 2.16 bits per heavy atom. The fraction of sp³-hybridized carbons (Fsp3) is 0.615. The smallest absolute Gasteiger partial charge is 0.268 e. The highest BCUT2D eigenvalue weighted by Crippen LogP contribution is 2.17. The molecule has 0 spiro atoms. The number of rotatable bonds is 3. The minimum atomic E-state index is -0.216. The van der Waals surface area contributed by atoms with Crippen molar-refractivity contribution in [2.45, 2.75) is 51.6 Å². The number of carbonyl (C=O) groups is 1. The second kappa shape index (κ2) is 6.32. The van der Waals surface area contributed by atoms with Crippen molar-refractivity contribution in [3.8, 4) is 0 Å². The van der Waals surface area contributed by atoms with Gasteiger partial charge >= 0.3 is 0 Å². The van der Waals surface area contributed by atoms with Crippen LogP contribution in [0.15, 0.2) is 15.5 Å². The minimum absolute atomic E-state index is 0.0353. The second-order valence-electron chi connectivity index (χ2n) is 4.95. The topological polar surface area (TPSA) is 64.0 Å². The molecule has 1 amide bonds. The molecule has 0 unspecified atom stereocenters. The van der Waals surface area contributed by atoms with E-state index in [9.17, 15) is 9.59 Å². The Kier molecular flexibility index (Phi) is 4.74. The predicted octanol–water partition coefficient (Wildman–Crippen LogP) is 1.76. The van der Waals surface area contributed by atoms with Gasteiger partial charge < -0.3 is 5.32 Å². The van der Waals surface area contributed by atoms with E-state index < -0.39 is 0 Å². The molecule has 104 valence electrons. The van der Waals surface area contributed by atoms with Crippen LogP contribution in [-0.4, -0.2) is 21.5 Å². The van der Waals surface area contributed by atoms with Gasteiger partial charge in [-0.25, -0.2) is 4.98 Å². The van der Waals surface area contributed by atoms with E-state index in [1.165, 1.54) is 30.0 Å². The molecule has 2 rings (SSSR count). The van der Waals surface area contributed by atoms with Gasteiger partial charge in [-0.2, -0.15) is 0 Å². The van der Waals surface area contributed by atoms with E-state index in [1.54, 1.807) is 6.92 Å². The van der Waals surface area contributed by atoms with Gasteiger partial charge in [-0.15, -0.1) is 0 Å². The van der Waals surface area contributed by atoms with Crippen LogP contribution in [0.5, 0.6) is 0 Å². The van der Waals surface area contributed by atoms with Crippen molar-refractivity contribution < 1.29 is 4.79 Å². The molecule has 19 heavy (non-hydrogen) atoms. The van der Waals surface area contributed by atoms with Crippen molar-refractivity contribution in [2.24, 2.45) is 0 Å². The lowest BCUT2D eigenvalue weighted by Gasteiger charge is -2.23. The molecule has 1 heterocycles. The SMILES string of the molecule is Cc1ncc(Br)c(=O)n1CC(=O)NC1CCCCC1. The quantitative estimate of drug-likeness (QED) is 0.920. The molecule has 0 saturated heterocycles. The number of aryl methyl sites for hydroxylation is 1. The summed E-state index contributed by atoms with van der Waals surface area (Å²) < 4.78 is 1.77. The van der Waals surface area contributed by atoms with Crippen LogP contribution in [-0.2, 0) is 11.3 Å². The highest BCUT2D eigenvalue weighted by atomic mass is 79.9. The first-order valence-corrected chi connectivity index (χ1v) is 7.38. The lowest BCUT2D eigenvalue weighted by molar-refractivity contribution is -0.122. The Hall–Kier alpha value is -1.17. The maximum atomic E-state index is 12.0. The Morgan fingerprint density at radius 1 is 1.47 bits per heavy atom. The van der Waals surface area contributed by atoms with Crippen LogP contribution >= 0.6 is 15.9 Å². The number of aromatic nitrogens is 2. The third kappa shape index (κ3) is 3.65. The number of hydrogen-bond donors (Lipinski definition) is 1. The fourth-order valence-corrected chi connectivity index (χ4v) is 2.72. The second-order valence-corrected chi connectivity index (χ2v) is 5.80. The molecule has 1 aliphatic rings. The average molecular weight is 328 g/mol. The van der Waals surface area contributed by atoms with Crippen molar-refractivity contribution in [1.29, 1.82) is 0 Å². The van der Waals surface area contributed by atoms with Crippen LogP contribution in [0.2, 0.25) is 0 Å². The molecular weight excluding hydrogens is 310 g/mol. The first kappa shape index (κ1) is 14.2.